The zero-order valence-electron chi connectivity index (χ0n) is 11.2. The van der Waals surface area contributed by atoms with Gasteiger partial charge in [0, 0.05) is 30.6 Å². The van der Waals surface area contributed by atoms with Gasteiger partial charge in [0.2, 0.25) is 0 Å². The molecule has 4 heteroatoms. The van der Waals surface area contributed by atoms with E-state index in [1.54, 1.807) is 11.3 Å². The number of hydrogen-bond acceptors (Lipinski definition) is 4. The molecule has 18 heavy (non-hydrogen) atoms. The van der Waals surface area contributed by atoms with Crippen molar-refractivity contribution in [3.05, 3.63) is 16.1 Å². The molecular weight excluding hydrogens is 242 g/mol. The molecule has 2 aliphatic rings. The summed E-state index contributed by atoms with van der Waals surface area (Å²) in [6.07, 6.45) is 6.87. The van der Waals surface area contributed by atoms with Gasteiger partial charge in [-0.2, -0.15) is 0 Å². The van der Waals surface area contributed by atoms with Gasteiger partial charge in [0.25, 0.3) is 0 Å². The minimum Gasteiger partial charge on any atom is -0.312 e. The first-order chi connectivity index (χ1) is 8.81. The van der Waals surface area contributed by atoms with Crippen LogP contribution < -0.4 is 5.32 Å². The largest absolute Gasteiger partial charge is 0.312 e. The average molecular weight is 265 g/mol. The number of nitrogens with zero attached hydrogens (tertiary/aromatic N) is 2. The molecular formula is C14H23N3S. The lowest BCUT2D eigenvalue weighted by atomic mass is 10.0. The molecule has 0 aromatic carbocycles. The monoisotopic (exact) mass is 265 g/mol. The summed E-state index contributed by atoms with van der Waals surface area (Å²) in [4.78, 5) is 7.24. The molecule has 0 bridgehead atoms. The number of thiazole rings is 1. The second-order valence-corrected chi connectivity index (χ2v) is 6.72. The lowest BCUT2D eigenvalue weighted by Crippen LogP contribution is -2.45. The highest BCUT2D eigenvalue weighted by Crippen LogP contribution is 2.22. The predicted octanol–water partition coefficient (Wildman–Crippen LogP) is 2.56. The Hall–Kier alpha value is -0.450. The molecule has 1 atom stereocenters. The Morgan fingerprint density at radius 3 is 3.00 bits per heavy atom. The number of rotatable bonds is 5. The fourth-order valence-electron chi connectivity index (χ4n) is 2.78. The molecule has 1 aromatic heterocycles. The highest BCUT2D eigenvalue weighted by atomic mass is 32.1. The van der Waals surface area contributed by atoms with Crippen molar-refractivity contribution in [3.8, 4) is 0 Å². The molecule has 0 radical (unpaired) electrons. The van der Waals surface area contributed by atoms with Gasteiger partial charge in [-0.15, -0.1) is 11.3 Å². The van der Waals surface area contributed by atoms with E-state index in [4.69, 9.17) is 0 Å². The minimum atomic E-state index is 0.723. The van der Waals surface area contributed by atoms with E-state index >= 15 is 0 Å². The predicted molar refractivity (Wildman–Crippen MR) is 75.9 cm³/mol. The van der Waals surface area contributed by atoms with Gasteiger partial charge in [0.05, 0.1) is 10.7 Å². The van der Waals surface area contributed by atoms with Crippen molar-refractivity contribution >= 4 is 11.3 Å². The highest BCUT2D eigenvalue weighted by Gasteiger charge is 2.26. The van der Waals surface area contributed by atoms with E-state index in [1.165, 1.54) is 55.9 Å². The average Bonchev–Trinajstić information content (AvgIpc) is 3.12. The molecule has 0 amide bonds. The molecule has 1 aliphatic carbocycles. The van der Waals surface area contributed by atoms with Crippen molar-refractivity contribution in [1.82, 2.24) is 15.2 Å². The van der Waals surface area contributed by atoms with Crippen molar-refractivity contribution in [2.75, 3.05) is 13.1 Å². The molecule has 3 rings (SSSR count). The summed E-state index contributed by atoms with van der Waals surface area (Å²) in [5.74, 6) is 0. The third kappa shape index (κ3) is 3.31. The summed E-state index contributed by atoms with van der Waals surface area (Å²) in [6.45, 7) is 5.55. The van der Waals surface area contributed by atoms with Crippen LogP contribution in [0.2, 0.25) is 0 Å². The molecule has 0 spiro atoms. The Bertz CT molecular complexity index is 386. The Balaban J connectivity index is 1.56. The lowest BCUT2D eigenvalue weighted by molar-refractivity contribution is 0.136. The summed E-state index contributed by atoms with van der Waals surface area (Å²) in [6, 6.07) is 1.55. The Morgan fingerprint density at radius 1 is 1.39 bits per heavy atom. The smallest absolute Gasteiger partial charge is 0.0897 e. The first-order valence-electron chi connectivity index (χ1n) is 7.20. The SMILES string of the molecule is Cc1nc(CN2CCCCC2CNC2CC2)cs1. The summed E-state index contributed by atoms with van der Waals surface area (Å²) in [5.41, 5.74) is 1.26. The molecule has 2 heterocycles. The third-order valence-electron chi connectivity index (χ3n) is 4.00. The Labute approximate surface area is 114 Å². The van der Waals surface area contributed by atoms with Crippen LogP contribution in [0, 0.1) is 6.92 Å². The maximum absolute atomic E-state index is 4.60. The molecule has 3 nitrogen and oxygen atoms in total. The van der Waals surface area contributed by atoms with Crippen LogP contribution in [0.5, 0.6) is 0 Å². The van der Waals surface area contributed by atoms with Crippen molar-refractivity contribution in [1.29, 1.82) is 0 Å². The van der Waals surface area contributed by atoms with Crippen LogP contribution in [0.25, 0.3) is 0 Å². The fraction of sp³-hybridized carbons (Fsp3) is 0.786. The van der Waals surface area contributed by atoms with Gasteiger partial charge in [-0.1, -0.05) is 6.42 Å². The van der Waals surface area contributed by atoms with Gasteiger partial charge in [-0.05, 0) is 39.2 Å². The van der Waals surface area contributed by atoms with E-state index in [0.717, 1.165) is 18.6 Å². The van der Waals surface area contributed by atoms with Gasteiger partial charge < -0.3 is 5.32 Å². The van der Waals surface area contributed by atoms with Crippen LogP contribution in [-0.2, 0) is 6.54 Å². The molecule has 1 N–H and O–H groups in total. The normalized spacial score (nSPS) is 25.5. The van der Waals surface area contributed by atoms with E-state index in [-0.39, 0.29) is 0 Å². The Morgan fingerprint density at radius 2 is 2.28 bits per heavy atom. The van der Waals surface area contributed by atoms with E-state index in [2.05, 4.69) is 27.5 Å². The summed E-state index contributed by atoms with van der Waals surface area (Å²) in [7, 11) is 0. The summed E-state index contributed by atoms with van der Waals surface area (Å²) < 4.78 is 0. The van der Waals surface area contributed by atoms with E-state index in [0.29, 0.717) is 0 Å². The zero-order valence-corrected chi connectivity index (χ0v) is 12.0. The van der Waals surface area contributed by atoms with Crippen LogP contribution in [0.1, 0.15) is 42.8 Å². The number of piperidine rings is 1. The number of hydrogen-bond donors (Lipinski definition) is 1. The fourth-order valence-corrected chi connectivity index (χ4v) is 3.38. The first-order valence-corrected chi connectivity index (χ1v) is 8.07. The topological polar surface area (TPSA) is 28.2 Å². The van der Waals surface area contributed by atoms with Crippen LogP contribution in [-0.4, -0.2) is 35.1 Å². The quantitative estimate of drug-likeness (QED) is 0.887. The van der Waals surface area contributed by atoms with Crippen molar-refractivity contribution < 1.29 is 0 Å². The van der Waals surface area contributed by atoms with Gasteiger partial charge in [0.1, 0.15) is 0 Å². The van der Waals surface area contributed by atoms with E-state index in [9.17, 15) is 0 Å². The van der Waals surface area contributed by atoms with Crippen LogP contribution in [0.3, 0.4) is 0 Å². The zero-order chi connectivity index (χ0) is 12.4. The molecule has 1 aromatic rings. The number of likely N-dealkylation sites (tertiary alicyclic amines) is 1. The maximum atomic E-state index is 4.60. The molecule has 1 saturated heterocycles. The van der Waals surface area contributed by atoms with Gasteiger partial charge in [0.15, 0.2) is 0 Å². The van der Waals surface area contributed by atoms with Crippen LogP contribution in [0.15, 0.2) is 5.38 Å². The highest BCUT2D eigenvalue weighted by molar-refractivity contribution is 7.09. The molecule has 1 unspecified atom stereocenters. The lowest BCUT2D eigenvalue weighted by Gasteiger charge is -2.35. The third-order valence-corrected chi connectivity index (χ3v) is 4.82. The van der Waals surface area contributed by atoms with Crippen molar-refractivity contribution in [3.63, 3.8) is 0 Å². The number of aryl methyl sites for hydroxylation is 1. The van der Waals surface area contributed by atoms with Crippen molar-refractivity contribution in [2.45, 2.75) is 57.7 Å². The number of aromatic nitrogens is 1. The summed E-state index contributed by atoms with van der Waals surface area (Å²) >= 11 is 1.77. The minimum absolute atomic E-state index is 0.723. The van der Waals surface area contributed by atoms with E-state index < -0.39 is 0 Å². The standard InChI is InChI=1S/C14H23N3S/c1-11-16-13(10-18-11)9-17-7-3-2-4-14(17)8-15-12-5-6-12/h10,12,14-15H,2-9H2,1H3. The van der Waals surface area contributed by atoms with Crippen molar-refractivity contribution in [2.24, 2.45) is 0 Å². The first kappa shape index (κ1) is 12.6. The van der Waals surface area contributed by atoms with Crippen LogP contribution >= 0.6 is 11.3 Å². The van der Waals surface area contributed by atoms with Gasteiger partial charge in [-0.25, -0.2) is 4.98 Å². The van der Waals surface area contributed by atoms with Gasteiger partial charge >= 0.3 is 0 Å². The molecule has 2 fully saturated rings. The second-order valence-electron chi connectivity index (χ2n) is 5.66. The van der Waals surface area contributed by atoms with Gasteiger partial charge in [-0.3, -0.25) is 4.90 Å². The molecule has 100 valence electrons. The van der Waals surface area contributed by atoms with Crippen LogP contribution in [0.4, 0.5) is 0 Å². The molecule has 1 saturated carbocycles. The number of nitrogens with one attached hydrogen (secondary N) is 1. The maximum Gasteiger partial charge on any atom is 0.0897 e. The summed E-state index contributed by atoms with van der Waals surface area (Å²) in [5, 5.41) is 7.09. The Kier molecular flexibility index (Phi) is 3.97. The molecule has 1 aliphatic heterocycles. The van der Waals surface area contributed by atoms with E-state index in [1.807, 2.05) is 0 Å². The second kappa shape index (κ2) is 5.68.